The zero-order valence-electron chi connectivity index (χ0n) is 17.4. The largest absolute Gasteiger partial charge is 0.371 e. The monoisotopic (exact) mass is 465 g/mol. The number of anilines is 2. The van der Waals surface area contributed by atoms with Crippen LogP contribution in [0.2, 0.25) is 5.02 Å². The van der Waals surface area contributed by atoms with E-state index in [1.165, 1.54) is 5.56 Å². The van der Waals surface area contributed by atoms with Crippen molar-refractivity contribution in [3.8, 4) is 0 Å². The van der Waals surface area contributed by atoms with Gasteiger partial charge in [0.05, 0.1) is 11.4 Å². The smallest absolute Gasteiger partial charge is 0.251 e. The number of nitrogens with one attached hydrogen (secondary N) is 3. The molecule has 3 N–H and O–H groups in total. The van der Waals surface area contributed by atoms with Gasteiger partial charge in [-0.1, -0.05) is 60.1 Å². The van der Waals surface area contributed by atoms with Gasteiger partial charge in [-0.15, -0.1) is 0 Å². The van der Waals surface area contributed by atoms with Crippen molar-refractivity contribution in [1.29, 1.82) is 0 Å². The van der Waals surface area contributed by atoms with Crippen LogP contribution in [0, 0.1) is 0 Å². The topological polar surface area (TPSA) is 70.2 Å². The Morgan fingerprint density at radius 3 is 2.59 bits per heavy atom. The molecular formula is C25H24ClN3O2S. The van der Waals surface area contributed by atoms with Gasteiger partial charge in [-0.05, 0) is 41.8 Å². The van der Waals surface area contributed by atoms with E-state index in [9.17, 15) is 9.59 Å². The maximum Gasteiger partial charge on any atom is 0.251 e. The third-order valence-electron chi connectivity index (χ3n) is 5.23. The maximum absolute atomic E-state index is 12.6. The molecule has 4 rings (SSSR count). The third kappa shape index (κ3) is 5.64. The highest BCUT2D eigenvalue weighted by atomic mass is 35.5. The van der Waals surface area contributed by atoms with E-state index >= 15 is 0 Å². The van der Waals surface area contributed by atoms with Crippen LogP contribution in [0.5, 0.6) is 0 Å². The van der Waals surface area contributed by atoms with Crippen molar-refractivity contribution in [2.24, 2.45) is 0 Å². The van der Waals surface area contributed by atoms with Crippen LogP contribution in [0.4, 0.5) is 11.4 Å². The number of amides is 2. The molecule has 0 unspecified atom stereocenters. The highest BCUT2D eigenvalue weighted by Crippen LogP contribution is 2.29. The molecule has 2 amide bonds. The quantitative estimate of drug-likeness (QED) is 0.439. The molecule has 164 valence electrons. The first-order chi connectivity index (χ1) is 15.6. The van der Waals surface area contributed by atoms with E-state index in [2.05, 4.69) is 16.0 Å². The number of hydrogen-bond acceptors (Lipinski definition) is 4. The summed E-state index contributed by atoms with van der Waals surface area (Å²) in [6, 6.07) is 22.7. The molecule has 3 aromatic rings. The highest BCUT2D eigenvalue weighted by Gasteiger charge is 2.26. The zero-order valence-corrected chi connectivity index (χ0v) is 19.0. The van der Waals surface area contributed by atoms with Crippen LogP contribution in [0.15, 0.2) is 72.8 Å². The Hall–Kier alpha value is -2.96. The standard InChI is InChI=1S/C25H24ClN3O2S/c26-20-9-5-4-8-19(20)15-32-16-23-25(31)29-22-14-18(10-11-21(22)28-23)24(30)27-13-12-17-6-2-1-3-7-17/h1-11,14,23,28H,12-13,15-16H2,(H,27,30)(H,29,31)/t23-/m1/s1. The lowest BCUT2D eigenvalue weighted by Gasteiger charge is -2.27. The summed E-state index contributed by atoms with van der Waals surface area (Å²) >= 11 is 7.85. The Morgan fingerprint density at radius 1 is 1.00 bits per heavy atom. The van der Waals surface area contributed by atoms with Gasteiger partial charge in [0.15, 0.2) is 0 Å². The van der Waals surface area contributed by atoms with Crippen molar-refractivity contribution in [3.05, 3.63) is 94.5 Å². The molecule has 7 heteroatoms. The SMILES string of the molecule is O=C(NCCc1ccccc1)c1ccc2c(c1)NC(=O)[C@@H](CSCc1ccccc1Cl)N2. The molecule has 0 aliphatic carbocycles. The highest BCUT2D eigenvalue weighted by molar-refractivity contribution is 7.98. The van der Waals surface area contributed by atoms with Crippen LogP contribution in [0.1, 0.15) is 21.5 Å². The first kappa shape index (κ1) is 22.2. The van der Waals surface area contributed by atoms with Gasteiger partial charge in [-0.25, -0.2) is 0 Å². The minimum atomic E-state index is -0.347. The van der Waals surface area contributed by atoms with E-state index in [1.54, 1.807) is 23.9 Å². The summed E-state index contributed by atoms with van der Waals surface area (Å²) in [5, 5.41) is 9.88. The number of benzene rings is 3. The molecule has 0 aromatic heterocycles. The van der Waals surface area contributed by atoms with Crippen LogP contribution in [-0.2, 0) is 17.0 Å². The number of hydrogen-bond donors (Lipinski definition) is 3. The first-order valence-corrected chi connectivity index (χ1v) is 12.0. The van der Waals surface area contributed by atoms with E-state index in [0.717, 1.165) is 28.4 Å². The molecule has 1 aliphatic rings. The van der Waals surface area contributed by atoms with Crippen LogP contribution in [0.25, 0.3) is 0 Å². The van der Waals surface area contributed by atoms with E-state index in [-0.39, 0.29) is 17.9 Å². The van der Waals surface area contributed by atoms with Gasteiger partial charge in [-0.2, -0.15) is 11.8 Å². The Kier molecular flexibility index (Phi) is 7.35. The average Bonchev–Trinajstić information content (AvgIpc) is 2.81. The van der Waals surface area contributed by atoms with Gasteiger partial charge >= 0.3 is 0 Å². The van der Waals surface area contributed by atoms with E-state index in [4.69, 9.17) is 11.6 Å². The van der Waals surface area contributed by atoms with Gasteiger partial charge in [0.1, 0.15) is 6.04 Å². The predicted octanol–water partition coefficient (Wildman–Crippen LogP) is 4.98. The number of carbonyl (C=O) groups excluding carboxylic acids is 2. The number of halogens is 1. The van der Waals surface area contributed by atoms with E-state index in [0.29, 0.717) is 23.5 Å². The molecule has 0 fully saturated rings. The molecule has 0 radical (unpaired) electrons. The van der Waals surface area contributed by atoms with Crippen molar-refractivity contribution in [2.75, 3.05) is 22.9 Å². The summed E-state index contributed by atoms with van der Waals surface area (Å²) in [6.07, 6.45) is 0.767. The van der Waals surface area contributed by atoms with Gasteiger partial charge in [-0.3, -0.25) is 9.59 Å². The van der Waals surface area contributed by atoms with Gasteiger partial charge < -0.3 is 16.0 Å². The van der Waals surface area contributed by atoms with Crippen molar-refractivity contribution in [2.45, 2.75) is 18.2 Å². The van der Waals surface area contributed by atoms with Crippen molar-refractivity contribution < 1.29 is 9.59 Å². The predicted molar refractivity (Wildman–Crippen MR) is 133 cm³/mol. The van der Waals surface area contributed by atoms with Crippen molar-refractivity contribution in [1.82, 2.24) is 5.32 Å². The second kappa shape index (κ2) is 10.6. The molecule has 1 aliphatic heterocycles. The molecule has 1 heterocycles. The van der Waals surface area contributed by atoms with Crippen molar-refractivity contribution >= 4 is 46.6 Å². The summed E-state index contributed by atoms with van der Waals surface area (Å²) in [5.41, 5.74) is 4.18. The normalized spacial score (nSPS) is 14.8. The zero-order chi connectivity index (χ0) is 22.3. The Bertz CT molecular complexity index is 1110. The number of carbonyl (C=O) groups is 2. The van der Waals surface area contributed by atoms with E-state index in [1.807, 2.05) is 60.7 Å². The minimum Gasteiger partial charge on any atom is -0.371 e. The maximum atomic E-state index is 12.6. The fourth-order valence-electron chi connectivity index (χ4n) is 3.47. The molecule has 1 atom stereocenters. The second-order valence-corrected chi connectivity index (χ2v) is 8.98. The fourth-order valence-corrected chi connectivity index (χ4v) is 4.82. The average molecular weight is 466 g/mol. The summed E-state index contributed by atoms with van der Waals surface area (Å²) < 4.78 is 0. The fraction of sp³-hybridized carbons (Fsp3) is 0.200. The van der Waals surface area contributed by atoms with Crippen LogP contribution >= 0.6 is 23.4 Å². The molecule has 32 heavy (non-hydrogen) atoms. The molecule has 0 bridgehead atoms. The Balaban J connectivity index is 1.30. The Labute approximate surface area is 196 Å². The van der Waals surface area contributed by atoms with Gasteiger partial charge in [0.2, 0.25) is 5.91 Å². The lowest BCUT2D eigenvalue weighted by molar-refractivity contribution is -0.116. The number of fused-ring (bicyclic) bond motifs is 1. The van der Waals surface area contributed by atoms with Gasteiger partial charge in [0, 0.05) is 28.6 Å². The minimum absolute atomic E-state index is 0.106. The van der Waals surface area contributed by atoms with Crippen molar-refractivity contribution in [3.63, 3.8) is 0 Å². The van der Waals surface area contributed by atoms with E-state index < -0.39 is 0 Å². The summed E-state index contributed by atoms with van der Waals surface area (Å²) in [7, 11) is 0. The summed E-state index contributed by atoms with van der Waals surface area (Å²) in [4.78, 5) is 25.1. The Morgan fingerprint density at radius 2 is 1.78 bits per heavy atom. The number of rotatable bonds is 8. The molecule has 3 aromatic carbocycles. The molecule has 0 saturated carbocycles. The molecular weight excluding hydrogens is 442 g/mol. The summed E-state index contributed by atoms with van der Waals surface area (Å²) in [6.45, 7) is 0.551. The lowest BCUT2D eigenvalue weighted by Crippen LogP contribution is -2.40. The van der Waals surface area contributed by atoms with Gasteiger partial charge in [0.25, 0.3) is 5.91 Å². The molecule has 5 nitrogen and oxygen atoms in total. The molecule has 0 saturated heterocycles. The number of thioether (sulfide) groups is 1. The third-order valence-corrected chi connectivity index (χ3v) is 6.68. The second-order valence-electron chi connectivity index (χ2n) is 7.54. The van der Waals surface area contributed by atoms with Crippen LogP contribution in [-0.4, -0.2) is 30.2 Å². The molecule has 0 spiro atoms. The van der Waals surface area contributed by atoms with Crippen LogP contribution in [0.3, 0.4) is 0 Å². The first-order valence-electron chi connectivity index (χ1n) is 10.4. The lowest BCUT2D eigenvalue weighted by atomic mass is 10.1. The summed E-state index contributed by atoms with van der Waals surface area (Å²) in [5.74, 6) is 1.08. The van der Waals surface area contributed by atoms with Crippen LogP contribution < -0.4 is 16.0 Å².